The smallest absolute Gasteiger partial charge is 0.330 e. The molecule has 1 heterocycles. The number of aromatic nitrogens is 2. The molecule has 0 saturated carbocycles. The Labute approximate surface area is 233 Å². The topological polar surface area (TPSA) is 64.2 Å². The minimum absolute atomic E-state index is 0.00365. The van der Waals surface area contributed by atoms with Gasteiger partial charge in [-0.3, -0.25) is 4.79 Å². The number of imidazole rings is 1. The van der Waals surface area contributed by atoms with Crippen molar-refractivity contribution in [2.24, 2.45) is 11.7 Å². The number of nitrogens with zero attached hydrogens (tertiary/aromatic N) is 3. The lowest BCUT2D eigenvalue weighted by molar-refractivity contribution is -0.137. The van der Waals surface area contributed by atoms with E-state index >= 15 is 0 Å². The molecule has 210 valence electrons. The van der Waals surface area contributed by atoms with Gasteiger partial charge in [-0.2, -0.15) is 13.2 Å². The van der Waals surface area contributed by atoms with Crippen LogP contribution >= 0.6 is 0 Å². The summed E-state index contributed by atoms with van der Waals surface area (Å²) in [5.74, 6) is 0.275. The van der Waals surface area contributed by atoms with Crippen LogP contribution < -0.4 is 5.73 Å². The standard InChI is InChI=1S/C32H35F3N4O/c1-22(2)29(39(19-9-18-36)31(40)25-16-14-23(3)15-17-25)30-37-28(21-38(30)20-24-10-5-4-6-11-24)26-12-7-8-13-27(26)32(33,34)35/h4-8,10-17,21-22,29H,9,18-20,36H2,1-3H3/t29-/m1/s1. The molecule has 0 radical (unpaired) electrons. The summed E-state index contributed by atoms with van der Waals surface area (Å²) in [6.07, 6.45) is -2.30. The number of benzene rings is 3. The fraction of sp³-hybridized carbons (Fsp3) is 0.312. The summed E-state index contributed by atoms with van der Waals surface area (Å²) in [4.78, 5) is 20.5. The van der Waals surface area contributed by atoms with Gasteiger partial charge in [0.25, 0.3) is 5.91 Å². The first-order valence-corrected chi connectivity index (χ1v) is 13.5. The summed E-state index contributed by atoms with van der Waals surface area (Å²) in [7, 11) is 0. The van der Waals surface area contributed by atoms with Crippen molar-refractivity contribution in [2.75, 3.05) is 13.1 Å². The number of alkyl halides is 3. The number of nitrogens with two attached hydrogens (primary N) is 1. The molecule has 0 saturated heterocycles. The number of hydrogen-bond donors (Lipinski definition) is 1. The van der Waals surface area contributed by atoms with E-state index in [4.69, 9.17) is 10.7 Å². The molecule has 0 aliphatic carbocycles. The van der Waals surface area contributed by atoms with Crippen molar-refractivity contribution >= 4 is 5.91 Å². The zero-order valence-corrected chi connectivity index (χ0v) is 23.0. The largest absolute Gasteiger partial charge is 0.417 e. The van der Waals surface area contributed by atoms with Gasteiger partial charge in [0.1, 0.15) is 5.82 Å². The predicted octanol–water partition coefficient (Wildman–Crippen LogP) is 7.11. The molecule has 1 aromatic heterocycles. The Morgan fingerprint density at radius 1 is 0.975 bits per heavy atom. The SMILES string of the molecule is Cc1ccc(C(=O)N(CCCN)[C@@H](c2nc(-c3ccccc3C(F)(F)F)cn2Cc2ccccc2)C(C)C)cc1. The maximum atomic E-state index is 14.0. The molecular weight excluding hydrogens is 513 g/mol. The first kappa shape index (κ1) is 29.1. The van der Waals surface area contributed by atoms with Crippen LogP contribution in [0, 0.1) is 12.8 Å². The van der Waals surface area contributed by atoms with Crippen LogP contribution in [-0.2, 0) is 12.7 Å². The number of rotatable bonds is 10. The van der Waals surface area contributed by atoms with Crippen molar-refractivity contribution in [3.05, 3.63) is 113 Å². The molecule has 40 heavy (non-hydrogen) atoms. The number of amides is 1. The average molecular weight is 549 g/mol. The summed E-state index contributed by atoms with van der Waals surface area (Å²) in [6, 6.07) is 22.0. The quantitative estimate of drug-likeness (QED) is 0.230. The molecule has 1 amide bonds. The first-order valence-electron chi connectivity index (χ1n) is 13.5. The molecule has 1 atom stereocenters. The van der Waals surface area contributed by atoms with E-state index in [1.165, 1.54) is 12.1 Å². The highest BCUT2D eigenvalue weighted by atomic mass is 19.4. The van der Waals surface area contributed by atoms with E-state index in [1.807, 2.05) is 67.8 Å². The number of carbonyl (C=O) groups excluding carboxylic acids is 1. The molecule has 8 heteroatoms. The van der Waals surface area contributed by atoms with Crippen molar-refractivity contribution in [1.82, 2.24) is 14.5 Å². The fourth-order valence-electron chi connectivity index (χ4n) is 4.94. The van der Waals surface area contributed by atoms with Gasteiger partial charge in [0.2, 0.25) is 0 Å². The fourth-order valence-corrected chi connectivity index (χ4v) is 4.94. The first-order chi connectivity index (χ1) is 19.1. The van der Waals surface area contributed by atoms with Gasteiger partial charge < -0.3 is 15.2 Å². The van der Waals surface area contributed by atoms with E-state index in [-0.39, 0.29) is 23.1 Å². The highest BCUT2D eigenvalue weighted by Crippen LogP contribution is 2.38. The molecule has 0 fully saturated rings. The molecule has 3 aromatic carbocycles. The van der Waals surface area contributed by atoms with Crippen LogP contribution in [0.1, 0.15) is 59.2 Å². The van der Waals surface area contributed by atoms with E-state index in [0.717, 1.165) is 17.2 Å². The minimum atomic E-state index is -4.54. The van der Waals surface area contributed by atoms with Crippen LogP contribution in [0.5, 0.6) is 0 Å². The van der Waals surface area contributed by atoms with Gasteiger partial charge in [-0.15, -0.1) is 0 Å². The van der Waals surface area contributed by atoms with Crippen LogP contribution in [0.25, 0.3) is 11.3 Å². The second-order valence-corrected chi connectivity index (χ2v) is 10.3. The highest BCUT2D eigenvalue weighted by molar-refractivity contribution is 5.94. The zero-order chi connectivity index (χ0) is 28.9. The Bertz CT molecular complexity index is 1410. The van der Waals surface area contributed by atoms with Crippen LogP contribution in [-0.4, -0.2) is 33.4 Å². The third-order valence-electron chi connectivity index (χ3n) is 6.91. The van der Waals surface area contributed by atoms with Gasteiger partial charge in [0, 0.05) is 30.4 Å². The summed E-state index contributed by atoms with van der Waals surface area (Å²) in [5.41, 5.74) is 7.87. The summed E-state index contributed by atoms with van der Waals surface area (Å²) >= 11 is 0. The normalized spacial score (nSPS) is 12.5. The molecule has 0 aliphatic heterocycles. The lowest BCUT2D eigenvalue weighted by atomic mass is 9.99. The van der Waals surface area contributed by atoms with Gasteiger partial charge in [-0.25, -0.2) is 4.98 Å². The van der Waals surface area contributed by atoms with E-state index < -0.39 is 17.8 Å². The Kier molecular flexibility index (Phi) is 9.10. The lowest BCUT2D eigenvalue weighted by Crippen LogP contribution is -2.40. The number of halogens is 3. The third-order valence-corrected chi connectivity index (χ3v) is 6.91. The molecule has 0 spiro atoms. The molecule has 0 aliphatic rings. The van der Waals surface area contributed by atoms with Crippen LogP contribution in [0.15, 0.2) is 85.1 Å². The molecule has 0 unspecified atom stereocenters. The Hall–Kier alpha value is -3.91. The highest BCUT2D eigenvalue weighted by Gasteiger charge is 2.36. The Balaban J connectivity index is 1.88. The van der Waals surface area contributed by atoms with E-state index in [0.29, 0.717) is 37.4 Å². The van der Waals surface area contributed by atoms with E-state index in [1.54, 1.807) is 29.3 Å². The Morgan fingerprint density at radius 3 is 2.25 bits per heavy atom. The van der Waals surface area contributed by atoms with Crippen molar-refractivity contribution in [1.29, 1.82) is 0 Å². The van der Waals surface area contributed by atoms with Gasteiger partial charge in [0.05, 0.1) is 17.3 Å². The number of hydrogen-bond acceptors (Lipinski definition) is 3. The van der Waals surface area contributed by atoms with Gasteiger partial charge in [-0.05, 0) is 49.6 Å². The van der Waals surface area contributed by atoms with Crippen molar-refractivity contribution in [2.45, 2.75) is 46.0 Å². The second-order valence-electron chi connectivity index (χ2n) is 10.3. The maximum Gasteiger partial charge on any atom is 0.417 e. The summed E-state index contributed by atoms with van der Waals surface area (Å²) in [6.45, 7) is 7.12. The molecule has 4 aromatic rings. The van der Waals surface area contributed by atoms with Crippen molar-refractivity contribution in [3.8, 4) is 11.3 Å². The number of carbonyl (C=O) groups is 1. The zero-order valence-electron chi connectivity index (χ0n) is 23.0. The van der Waals surface area contributed by atoms with Crippen LogP contribution in [0.2, 0.25) is 0 Å². The van der Waals surface area contributed by atoms with Gasteiger partial charge in [0.15, 0.2) is 0 Å². The molecule has 4 rings (SSSR count). The molecule has 5 nitrogen and oxygen atoms in total. The summed E-state index contributed by atoms with van der Waals surface area (Å²) in [5, 5.41) is 0. The molecular formula is C32H35F3N4O. The van der Waals surface area contributed by atoms with Gasteiger partial charge >= 0.3 is 6.18 Å². The van der Waals surface area contributed by atoms with Crippen LogP contribution in [0.4, 0.5) is 13.2 Å². The van der Waals surface area contributed by atoms with Crippen molar-refractivity contribution in [3.63, 3.8) is 0 Å². The monoisotopic (exact) mass is 548 g/mol. The van der Waals surface area contributed by atoms with Gasteiger partial charge in [-0.1, -0.05) is 80.1 Å². The number of aryl methyl sites for hydroxylation is 1. The average Bonchev–Trinajstić information content (AvgIpc) is 3.33. The van der Waals surface area contributed by atoms with E-state index in [2.05, 4.69) is 0 Å². The lowest BCUT2D eigenvalue weighted by Gasteiger charge is -2.34. The Morgan fingerprint density at radius 2 is 1.62 bits per heavy atom. The predicted molar refractivity (Wildman–Crippen MR) is 152 cm³/mol. The summed E-state index contributed by atoms with van der Waals surface area (Å²) < 4.78 is 43.8. The molecule has 0 bridgehead atoms. The van der Waals surface area contributed by atoms with Crippen LogP contribution in [0.3, 0.4) is 0 Å². The second kappa shape index (κ2) is 12.5. The maximum absolute atomic E-state index is 14.0. The third kappa shape index (κ3) is 6.62. The van der Waals surface area contributed by atoms with E-state index in [9.17, 15) is 18.0 Å². The molecule has 2 N–H and O–H groups in total. The van der Waals surface area contributed by atoms with Crippen molar-refractivity contribution < 1.29 is 18.0 Å². The minimum Gasteiger partial charge on any atom is -0.330 e.